The van der Waals surface area contributed by atoms with Gasteiger partial charge >= 0.3 is 0 Å². The zero-order valence-corrected chi connectivity index (χ0v) is 15.7. The van der Waals surface area contributed by atoms with Crippen molar-refractivity contribution in [3.05, 3.63) is 47.5 Å². The van der Waals surface area contributed by atoms with Gasteiger partial charge in [0, 0.05) is 24.2 Å². The van der Waals surface area contributed by atoms with Crippen LogP contribution in [-0.2, 0) is 0 Å². The number of hydrogen-bond donors (Lipinski definition) is 0. The molecule has 0 saturated heterocycles. The molecule has 0 spiro atoms. The van der Waals surface area contributed by atoms with Gasteiger partial charge in [0.05, 0.1) is 11.3 Å². The van der Waals surface area contributed by atoms with Crippen molar-refractivity contribution in [1.29, 1.82) is 0 Å². The lowest BCUT2D eigenvalue weighted by Gasteiger charge is -2.31. The first-order chi connectivity index (χ1) is 12.3. The second kappa shape index (κ2) is 6.87. The van der Waals surface area contributed by atoms with Crippen LogP contribution in [-0.4, -0.2) is 43.6 Å². The minimum atomic E-state index is -0.595. The average Bonchev–Trinajstić information content (AvgIpc) is 3.10. The molecule has 0 unspecified atom stereocenters. The molecular weight excluding hydrogens is 353 g/mol. The summed E-state index contributed by atoms with van der Waals surface area (Å²) in [4.78, 5) is 22.1. The molecule has 8 heteroatoms. The summed E-state index contributed by atoms with van der Waals surface area (Å²) in [6.45, 7) is 5.87. The molecule has 0 N–H and O–H groups in total. The summed E-state index contributed by atoms with van der Waals surface area (Å²) < 4.78 is 13.7. The summed E-state index contributed by atoms with van der Waals surface area (Å²) in [5.41, 5.74) is 1.27. The Morgan fingerprint density at radius 1 is 1.15 bits per heavy atom. The highest BCUT2D eigenvalue weighted by Crippen LogP contribution is 2.25. The Kier molecular flexibility index (Phi) is 4.78. The van der Waals surface area contributed by atoms with Gasteiger partial charge in [0.1, 0.15) is 16.4 Å². The van der Waals surface area contributed by atoms with E-state index in [4.69, 9.17) is 0 Å². The number of nitrogens with zero attached hydrogens (tertiary/aromatic N) is 5. The summed E-state index contributed by atoms with van der Waals surface area (Å²) in [6, 6.07) is 6.59. The molecule has 0 aromatic carbocycles. The molecule has 134 valence electrons. The first-order valence-corrected chi connectivity index (χ1v) is 8.84. The van der Waals surface area contributed by atoms with E-state index in [1.807, 2.05) is 20.8 Å². The zero-order valence-electron chi connectivity index (χ0n) is 14.9. The van der Waals surface area contributed by atoms with E-state index in [9.17, 15) is 9.18 Å². The summed E-state index contributed by atoms with van der Waals surface area (Å²) >= 11 is 1.32. The van der Waals surface area contributed by atoms with Gasteiger partial charge in [-0.25, -0.2) is 9.97 Å². The summed E-state index contributed by atoms with van der Waals surface area (Å²) in [5, 5.41) is 10.5. The predicted molar refractivity (Wildman–Crippen MR) is 98.2 cm³/mol. The van der Waals surface area contributed by atoms with Gasteiger partial charge in [0.15, 0.2) is 0 Å². The minimum Gasteiger partial charge on any atom is -0.336 e. The molecule has 0 aliphatic heterocycles. The van der Waals surface area contributed by atoms with Crippen LogP contribution in [0.4, 0.5) is 4.39 Å². The maximum absolute atomic E-state index is 13.7. The maximum Gasteiger partial charge on any atom is 0.273 e. The molecule has 0 aliphatic carbocycles. The van der Waals surface area contributed by atoms with Crippen molar-refractivity contribution in [3.8, 4) is 22.0 Å². The van der Waals surface area contributed by atoms with Crippen molar-refractivity contribution in [3.63, 3.8) is 0 Å². The fraction of sp³-hybridized carbons (Fsp3) is 0.278. The Morgan fingerprint density at radius 3 is 2.46 bits per heavy atom. The molecule has 0 atom stereocenters. The van der Waals surface area contributed by atoms with Crippen molar-refractivity contribution in [1.82, 2.24) is 25.1 Å². The van der Waals surface area contributed by atoms with E-state index >= 15 is 0 Å². The SMILES string of the molecule is CN(C(=O)c1csc(-c2ccc(-c3cccnc3F)nn2)n1)C(C)(C)C. The molecule has 0 radical (unpaired) electrons. The van der Waals surface area contributed by atoms with Crippen molar-refractivity contribution < 1.29 is 9.18 Å². The van der Waals surface area contributed by atoms with Gasteiger partial charge < -0.3 is 4.90 Å². The fourth-order valence-corrected chi connectivity index (χ4v) is 2.89. The molecule has 0 fully saturated rings. The smallest absolute Gasteiger partial charge is 0.273 e. The van der Waals surface area contributed by atoms with Crippen LogP contribution in [0, 0.1) is 5.95 Å². The Bertz CT molecular complexity index is 933. The quantitative estimate of drug-likeness (QED) is 0.657. The number of carbonyl (C=O) groups is 1. The van der Waals surface area contributed by atoms with Crippen LogP contribution in [0.25, 0.3) is 22.0 Å². The van der Waals surface area contributed by atoms with Crippen molar-refractivity contribution in [2.24, 2.45) is 0 Å². The molecule has 3 heterocycles. The molecule has 6 nitrogen and oxygen atoms in total. The molecule has 0 saturated carbocycles. The number of aromatic nitrogens is 4. The Labute approximate surface area is 154 Å². The number of rotatable bonds is 3. The molecule has 3 aromatic heterocycles. The van der Waals surface area contributed by atoms with Gasteiger partial charge in [0.2, 0.25) is 5.95 Å². The van der Waals surface area contributed by atoms with Gasteiger partial charge in [-0.1, -0.05) is 0 Å². The van der Waals surface area contributed by atoms with E-state index < -0.39 is 5.95 Å². The fourth-order valence-electron chi connectivity index (χ4n) is 2.13. The highest BCUT2D eigenvalue weighted by atomic mass is 32.1. The molecule has 1 amide bonds. The number of amides is 1. The Hall–Kier alpha value is -2.74. The van der Waals surface area contributed by atoms with Gasteiger partial charge in [-0.05, 0) is 45.0 Å². The van der Waals surface area contributed by atoms with Crippen LogP contribution in [0.5, 0.6) is 0 Å². The predicted octanol–water partition coefficient (Wildman–Crippen LogP) is 3.67. The van der Waals surface area contributed by atoms with E-state index in [1.54, 1.807) is 41.6 Å². The van der Waals surface area contributed by atoms with Crippen LogP contribution in [0.15, 0.2) is 35.8 Å². The van der Waals surface area contributed by atoms with E-state index in [0.29, 0.717) is 22.1 Å². The summed E-state index contributed by atoms with van der Waals surface area (Å²) in [7, 11) is 1.75. The van der Waals surface area contributed by atoms with Crippen molar-refractivity contribution >= 4 is 17.2 Å². The van der Waals surface area contributed by atoms with Crippen LogP contribution in [0.1, 0.15) is 31.3 Å². The standard InChI is InChI=1S/C18H18FN5OS/c1-18(2,3)24(4)17(25)14-10-26-16(21-14)13-8-7-12(22-23-13)11-6-5-9-20-15(11)19/h5-10H,1-4H3. The molecule has 0 aliphatic rings. The third-order valence-corrected chi connectivity index (χ3v) is 4.82. The third kappa shape index (κ3) is 3.60. The number of carbonyl (C=O) groups excluding carboxylic acids is 1. The molecule has 0 bridgehead atoms. The van der Waals surface area contributed by atoms with Gasteiger partial charge in [-0.3, -0.25) is 4.79 Å². The lowest BCUT2D eigenvalue weighted by molar-refractivity contribution is 0.0650. The Balaban J connectivity index is 1.84. The largest absolute Gasteiger partial charge is 0.336 e. The third-order valence-electron chi connectivity index (χ3n) is 3.95. The van der Waals surface area contributed by atoms with Crippen molar-refractivity contribution in [2.45, 2.75) is 26.3 Å². The number of hydrogen-bond acceptors (Lipinski definition) is 6. The zero-order chi connectivity index (χ0) is 18.9. The van der Waals surface area contributed by atoms with E-state index in [0.717, 1.165) is 0 Å². The van der Waals surface area contributed by atoms with Crippen LogP contribution in [0.3, 0.4) is 0 Å². The van der Waals surface area contributed by atoms with Gasteiger partial charge in [-0.15, -0.1) is 21.5 Å². The maximum atomic E-state index is 13.7. The average molecular weight is 371 g/mol. The molecular formula is C18H18FN5OS. The van der Waals surface area contributed by atoms with Crippen LogP contribution in [0.2, 0.25) is 0 Å². The second-order valence-electron chi connectivity index (χ2n) is 6.72. The second-order valence-corrected chi connectivity index (χ2v) is 7.58. The number of thiazole rings is 1. The first-order valence-electron chi connectivity index (χ1n) is 7.96. The first kappa shape index (κ1) is 18.1. The van der Waals surface area contributed by atoms with Gasteiger partial charge in [0.25, 0.3) is 5.91 Å². The highest BCUT2D eigenvalue weighted by molar-refractivity contribution is 7.13. The molecule has 3 rings (SSSR count). The van der Waals surface area contributed by atoms with E-state index in [2.05, 4.69) is 20.2 Å². The Morgan fingerprint density at radius 2 is 1.85 bits per heavy atom. The van der Waals surface area contributed by atoms with Crippen LogP contribution >= 0.6 is 11.3 Å². The summed E-state index contributed by atoms with van der Waals surface area (Å²) in [5.74, 6) is -0.746. The lowest BCUT2D eigenvalue weighted by Crippen LogP contribution is -2.42. The number of pyridine rings is 1. The van der Waals surface area contributed by atoms with Gasteiger partial charge in [-0.2, -0.15) is 4.39 Å². The van der Waals surface area contributed by atoms with Crippen molar-refractivity contribution in [2.75, 3.05) is 7.05 Å². The monoisotopic (exact) mass is 371 g/mol. The highest BCUT2D eigenvalue weighted by Gasteiger charge is 2.25. The van der Waals surface area contributed by atoms with Crippen LogP contribution < -0.4 is 0 Å². The molecule has 26 heavy (non-hydrogen) atoms. The summed E-state index contributed by atoms with van der Waals surface area (Å²) in [6.07, 6.45) is 1.38. The van der Waals surface area contributed by atoms with E-state index in [-0.39, 0.29) is 17.0 Å². The minimum absolute atomic E-state index is 0.151. The number of halogens is 1. The van der Waals surface area contributed by atoms with E-state index in [1.165, 1.54) is 17.5 Å². The molecule has 3 aromatic rings. The topological polar surface area (TPSA) is 71.9 Å². The normalized spacial score (nSPS) is 11.4. The lowest BCUT2D eigenvalue weighted by atomic mass is 10.1.